The molecule has 0 amide bonds. The van der Waals surface area contributed by atoms with Crippen LogP contribution in [0.5, 0.6) is 0 Å². The Morgan fingerprint density at radius 2 is 2.24 bits per heavy atom. The minimum absolute atomic E-state index is 0.108. The molecule has 1 saturated heterocycles. The molecule has 1 aliphatic heterocycles. The second-order valence-corrected chi connectivity index (χ2v) is 4.96. The predicted octanol–water partition coefficient (Wildman–Crippen LogP) is 1.98. The number of benzene rings is 1. The molecule has 1 fully saturated rings. The van der Waals surface area contributed by atoms with Crippen LogP contribution in [0.25, 0.3) is 0 Å². The maximum absolute atomic E-state index is 8.95. The van der Waals surface area contributed by atoms with Crippen LogP contribution in [0.1, 0.15) is 31.4 Å². The van der Waals surface area contributed by atoms with E-state index in [0.29, 0.717) is 6.42 Å². The topological polar surface area (TPSA) is 47.9 Å². The van der Waals surface area contributed by atoms with Crippen LogP contribution >= 0.6 is 0 Å². The number of nitriles is 1. The molecule has 2 N–H and O–H groups in total. The lowest BCUT2D eigenvalue weighted by Crippen LogP contribution is -2.46. The van der Waals surface area contributed by atoms with Gasteiger partial charge < -0.3 is 10.6 Å². The molecule has 1 aliphatic rings. The molecule has 0 aliphatic carbocycles. The van der Waals surface area contributed by atoms with Crippen LogP contribution in [-0.2, 0) is 0 Å². The van der Waals surface area contributed by atoms with Crippen LogP contribution in [-0.4, -0.2) is 18.6 Å². The van der Waals surface area contributed by atoms with Gasteiger partial charge in [0.05, 0.1) is 12.5 Å². The average molecular weight is 229 g/mol. The summed E-state index contributed by atoms with van der Waals surface area (Å²) in [5.74, 6) is 0. The third-order valence-corrected chi connectivity index (χ3v) is 3.39. The predicted molar refractivity (Wildman–Crippen MR) is 68.4 cm³/mol. The summed E-state index contributed by atoms with van der Waals surface area (Å²) in [6.07, 6.45) is 1.63. The number of rotatable bonds is 4. The van der Waals surface area contributed by atoms with Crippen LogP contribution in [0.2, 0.25) is 0 Å². The molecule has 0 spiro atoms. The van der Waals surface area contributed by atoms with E-state index in [1.807, 2.05) is 18.2 Å². The first-order valence-electron chi connectivity index (χ1n) is 6.14. The lowest BCUT2D eigenvalue weighted by Gasteiger charge is -2.30. The molecule has 2 unspecified atom stereocenters. The Kier molecular flexibility index (Phi) is 3.78. The van der Waals surface area contributed by atoms with E-state index < -0.39 is 0 Å². The van der Waals surface area contributed by atoms with Gasteiger partial charge in [-0.2, -0.15) is 5.26 Å². The van der Waals surface area contributed by atoms with Crippen LogP contribution in [0.3, 0.4) is 0 Å². The molecule has 1 aromatic rings. The van der Waals surface area contributed by atoms with Crippen LogP contribution < -0.4 is 10.6 Å². The summed E-state index contributed by atoms with van der Waals surface area (Å²) in [5, 5.41) is 15.9. The second kappa shape index (κ2) is 5.31. The SMILES string of the molecule is CC1(NC(CC#N)c2ccccc2)CCNC1. The molecule has 1 aromatic carbocycles. The fourth-order valence-electron chi connectivity index (χ4n) is 2.39. The van der Waals surface area contributed by atoms with E-state index >= 15 is 0 Å². The minimum atomic E-state index is 0.108. The maximum Gasteiger partial charge on any atom is 0.0641 e. The van der Waals surface area contributed by atoms with Gasteiger partial charge in [-0.15, -0.1) is 0 Å². The Hall–Kier alpha value is -1.37. The van der Waals surface area contributed by atoms with E-state index in [0.717, 1.165) is 19.5 Å². The van der Waals surface area contributed by atoms with Gasteiger partial charge in [0.2, 0.25) is 0 Å². The van der Waals surface area contributed by atoms with E-state index in [-0.39, 0.29) is 11.6 Å². The van der Waals surface area contributed by atoms with Gasteiger partial charge in [0, 0.05) is 18.1 Å². The fraction of sp³-hybridized carbons (Fsp3) is 0.500. The van der Waals surface area contributed by atoms with Crippen molar-refractivity contribution >= 4 is 0 Å². The molecule has 90 valence electrons. The monoisotopic (exact) mass is 229 g/mol. The molecule has 3 nitrogen and oxygen atoms in total. The first-order chi connectivity index (χ1) is 8.23. The zero-order valence-electron chi connectivity index (χ0n) is 10.2. The Morgan fingerprint density at radius 3 is 2.82 bits per heavy atom. The van der Waals surface area contributed by atoms with E-state index in [1.54, 1.807) is 0 Å². The number of hydrogen-bond acceptors (Lipinski definition) is 3. The lowest BCUT2D eigenvalue weighted by atomic mass is 9.96. The van der Waals surface area contributed by atoms with Crippen molar-refractivity contribution in [3.05, 3.63) is 35.9 Å². The number of nitrogens with one attached hydrogen (secondary N) is 2. The van der Waals surface area contributed by atoms with E-state index in [1.165, 1.54) is 5.56 Å². The minimum Gasteiger partial charge on any atom is -0.315 e. The Labute approximate surface area is 103 Å². The first-order valence-corrected chi connectivity index (χ1v) is 6.14. The lowest BCUT2D eigenvalue weighted by molar-refractivity contribution is 0.337. The molecule has 0 saturated carbocycles. The van der Waals surface area contributed by atoms with E-state index in [2.05, 4.69) is 35.8 Å². The number of nitrogens with zero attached hydrogens (tertiary/aromatic N) is 1. The highest BCUT2D eigenvalue weighted by molar-refractivity contribution is 5.20. The van der Waals surface area contributed by atoms with Gasteiger partial charge in [0.25, 0.3) is 0 Å². The Balaban J connectivity index is 2.10. The quantitative estimate of drug-likeness (QED) is 0.830. The van der Waals surface area contributed by atoms with Gasteiger partial charge in [-0.25, -0.2) is 0 Å². The van der Waals surface area contributed by atoms with Crippen molar-refractivity contribution in [2.75, 3.05) is 13.1 Å². The number of hydrogen-bond donors (Lipinski definition) is 2. The zero-order chi connectivity index (χ0) is 12.1. The third kappa shape index (κ3) is 3.06. The van der Waals surface area contributed by atoms with Crippen molar-refractivity contribution in [2.45, 2.75) is 31.3 Å². The van der Waals surface area contributed by atoms with Crippen LogP contribution in [0, 0.1) is 11.3 Å². The maximum atomic E-state index is 8.95. The van der Waals surface area contributed by atoms with E-state index in [4.69, 9.17) is 5.26 Å². The summed E-state index contributed by atoms with van der Waals surface area (Å²) < 4.78 is 0. The van der Waals surface area contributed by atoms with Gasteiger partial charge in [-0.05, 0) is 25.5 Å². The highest BCUT2D eigenvalue weighted by atomic mass is 15.1. The van der Waals surface area contributed by atoms with Crippen molar-refractivity contribution in [1.82, 2.24) is 10.6 Å². The molecule has 17 heavy (non-hydrogen) atoms. The highest BCUT2D eigenvalue weighted by Crippen LogP contribution is 2.23. The normalized spacial score (nSPS) is 25.4. The smallest absolute Gasteiger partial charge is 0.0641 e. The molecule has 2 atom stereocenters. The third-order valence-electron chi connectivity index (χ3n) is 3.39. The average Bonchev–Trinajstić information content (AvgIpc) is 2.77. The summed E-state index contributed by atoms with van der Waals surface area (Å²) in [5.41, 5.74) is 1.30. The largest absolute Gasteiger partial charge is 0.315 e. The van der Waals surface area contributed by atoms with Crippen molar-refractivity contribution in [3.63, 3.8) is 0 Å². The van der Waals surface area contributed by atoms with Crippen molar-refractivity contribution in [2.24, 2.45) is 0 Å². The Bertz CT molecular complexity index is 388. The van der Waals surface area contributed by atoms with Gasteiger partial charge in [-0.3, -0.25) is 0 Å². The second-order valence-electron chi connectivity index (χ2n) is 4.96. The van der Waals surface area contributed by atoms with E-state index in [9.17, 15) is 0 Å². The molecule has 1 heterocycles. The van der Waals surface area contributed by atoms with Crippen LogP contribution in [0.15, 0.2) is 30.3 Å². The standard InChI is InChI=1S/C14H19N3/c1-14(8-10-16-11-14)17-13(7-9-15)12-5-3-2-4-6-12/h2-6,13,16-17H,7-8,10-11H2,1H3. The zero-order valence-corrected chi connectivity index (χ0v) is 10.2. The summed E-state index contributed by atoms with van der Waals surface area (Å²) in [6, 6.07) is 12.6. The van der Waals surface area contributed by atoms with Gasteiger partial charge >= 0.3 is 0 Å². The summed E-state index contributed by atoms with van der Waals surface area (Å²) >= 11 is 0. The van der Waals surface area contributed by atoms with Gasteiger partial charge in [0.1, 0.15) is 0 Å². The summed E-state index contributed by atoms with van der Waals surface area (Å²) in [7, 11) is 0. The molecule has 0 bridgehead atoms. The molecular weight excluding hydrogens is 210 g/mol. The summed E-state index contributed by atoms with van der Waals surface area (Å²) in [4.78, 5) is 0. The van der Waals surface area contributed by atoms with Gasteiger partial charge in [-0.1, -0.05) is 30.3 Å². The molecule has 3 heteroatoms. The highest BCUT2D eigenvalue weighted by Gasteiger charge is 2.30. The van der Waals surface area contributed by atoms with Crippen LogP contribution in [0.4, 0.5) is 0 Å². The molecule has 2 rings (SSSR count). The first kappa shape index (κ1) is 12.1. The summed E-state index contributed by atoms with van der Waals surface area (Å²) in [6.45, 7) is 4.25. The van der Waals surface area contributed by atoms with Gasteiger partial charge in [0.15, 0.2) is 0 Å². The van der Waals surface area contributed by atoms with Crippen molar-refractivity contribution in [3.8, 4) is 6.07 Å². The van der Waals surface area contributed by atoms with Crippen molar-refractivity contribution < 1.29 is 0 Å². The fourth-order valence-corrected chi connectivity index (χ4v) is 2.39. The molecular formula is C14H19N3. The molecule has 0 aromatic heterocycles. The Morgan fingerprint density at radius 1 is 1.47 bits per heavy atom. The van der Waals surface area contributed by atoms with Crippen molar-refractivity contribution in [1.29, 1.82) is 5.26 Å². The molecule has 0 radical (unpaired) electrons.